The van der Waals surface area contributed by atoms with Crippen molar-refractivity contribution in [1.82, 2.24) is 0 Å². The Morgan fingerprint density at radius 2 is 1.84 bits per heavy atom. The zero-order chi connectivity index (χ0) is 14.5. The third kappa shape index (κ3) is 8.20. The number of nitrogens with zero attached hydrogens (tertiary/aromatic N) is 1. The van der Waals surface area contributed by atoms with Gasteiger partial charge in [-0.25, -0.2) is 0 Å². The van der Waals surface area contributed by atoms with E-state index >= 15 is 0 Å². The molecule has 0 aliphatic carbocycles. The van der Waals surface area contributed by atoms with E-state index in [0.29, 0.717) is 6.61 Å². The molecule has 19 heavy (non-hydrogen) atoms. The topological polar surface area (TPSA) is 76.4 Å². The minimum atomic E-state index is -0.972. The summed E-state index contributed by atoms with van der Waals surface area (Å²) in [6, 6.07) is 1.91. The molecule has 0 heterocycles. The van der Waals surface area contributed by atoms with Gasteiger partial charge in [0.1, 0.15) is 0 Å². The molecule has 0 rings (SSSR count). The maximum absolute atomic E-state index is 11.7. The third-order valence-corrected chi connectivity index (χ3v) is 2.81. The minimum Gasteiger partial charge on any atom is -0.468 e. The molecule has 1 unspecified atom stereocenters. The summed E-state index contributed by atoms with van der Waals surface area (Å²) >= 11 is 0. The highest BCUT2D eigenvalue weighted by Gasteiger charge is 2.28. The Morgan fingerprint density at radius 1 is 1.16 bits per heavy atom. The van der Waals surface area contributed by atoms with Gasteiger partial charge >= 0.3 is 11.9 Å². The highest BCUT2D eigenvalue weighted by atomic mass is 16.5. The average Bonchev–Trinajstić information content (AvgIpc) is 2.42. The smallest absolute Gasteiger partial charge is 0.320 e. The molecule has 1 atom stereocenters. The number of hydrogen-bond donors (Lipinski definition) is 0. The van der Waals surface area contributed by atoms with Gasteiger partial charge in [0, 0.05) is 6.42 Å². The molecule has 0 amide bonds. The van der Waals surface area contributed by atoms with Crippen molar-refractivity contribution in [2.75, 3.05) is 13.7 Å². The van der Waals surface area contributed by atoms with E-state index in [1.807, 2.05) is 6.07 Å². The van der Waals surface area contributed by atoms with E-state index in [1.165, 1.54) is 20.0 Å². The van der Waals surface area contributed by atoms with Crippen LogP contribution in [0.2, 0.25) is 0 Å². The van der Waals surface area contributed by atoms with E-state index in [4.69, 9.17) is 10.00 Å². The quantitative estimate of drug-likeness (QED) is 0.346. The summed E-state index contributed by atoms with van der Waals surface area (Å²) in [6.45, 7) is 2.46. The first kappa shape index (κ1) is 17.4. The molecule has 0 saturated heterocycles. The zero-order valence-corrected chi connectivity index (χ0v) is 11.8. The van der Waals surface area contributed by atoms with Gasteiger partial charge in [0.25, 0.3) is 0 Å². The molecule has 5 nitrogen and oxygen atoms in total. The molecule has 0 spiro atoms. The van der Waals surface area contributed by atoms with Crippen molar-refractivity contribution in [3.8, 4) is 6.07 Å². The van der Waals surface area contributed by atoms with Crippen molar-refractivity contribution < 1.29 is 19.1 Å². The van der Waals surface area contributed by atoms with Gasteiger partial charge in [0.2, 0.25) is 0 Å². The molecule has 108 valence electrons. The van der Waals surface area contributed by atoms with Gasteiger partial charge in [-0.3, -0.25) is 9.59 Å². The molecule has 0 N–H and O–H groups in total. The van der Waals surface area contributed by atoms with E-state index in [2.05, 4.69) is 11.7 Å². The molecule has 0 aliphatic heterocycles. The number of methoxy groups -OCH3 is 1. The van der Waals surface area contributed by atoms with Crippen LogP contribution in [0.15, 0.2) is 0 Å². The van der Waals surface area contributed by atoms with Gasteiger partial charge in [0.15, 0.2) is 5.92 Å². The number of nitriles is 1. The summed E-state index contributed by atoms with van der Waals surface area (Å²) < 4.78 is 9.60. The Bertz CT molecular complexity index is 309. The average molecular weight is 269 g/mol. The van der Waals surface area contributed by atoms with Crippen molar-refractivity contribution >= 4 is 11.9 Å². The van der Waals surface area contributed by atoms with Crippen LogP contribution < -0.4 is 0 Å². The molecule has 0 bridgehead atoms. The zero-order valence-electron chi connectivity index (χ0n) is 11.8. The van der Waals surface area contributed by atoms with Crippen LogP contribution in [0.3, 0.4) is 0 Å². The van der Waals surface area contributed by atoms with Crippen LogP contribution in [0.25, 0.3) is 0 Å². The second-order valence-electron chi connectivity index (χ2n) is 4.35. The maximum atomic E-state index is 11.7. The van der Waals surface area contributed by atoms with Crippen molar-refractivity contribution in [3.05, 3.63) is 0 Å². The lowest BCUT2D eigenvalue weighted by atomic mass is 10.0. The first-order valence-corrected chi connectivity index (χ1v) is 6.78. The van der Waals surface area contributed by atoms with Crippen LogP contribution in [-0.4, -0.2) is 25.7 Å². The SMILES string of the molecule is CCCCCCCOC(=O)C(CCC#N)C(=O)OC. The van der Waals surface area contributed by atoms with Gasteiger partial charge in [-0.05, 0) is 12.8 Å². The molecular weight excluding hydrogens is 246 g/mol. The lowest BCUT2D eigenvalue weighted by Gasteiger charge is -2.12. The van der Waals surface area contributed by atoms with E-state index in [9.17, 15) is 9.59 Å². The van der Waals surface area contributed by atoms with Crippen LogP contribution in [0.1, 0.15) is 51.9 Å². The van der Waals surface area contributed by atoms with Crippen molar-refractivity contribution in [2.45, 2.75) is 51.9 Å². The second-order valence-corrected chi connectivity index (χ2v) is 4.35. The largest absolute Gasteiger partial charge is 0.468 e. The fraction of sp³-hybridized carbons (Fsp3) is 0.786. The molecule has 5 heteroatoms. The van der Waals surface area contributed by atoms with Gasteiger partial charge < -0.3 is 9.47 Å². The van der Waals surface area contributed by atoms with Gasteiger partial charge in [-0.2, -0.15) is 5.26 Å². The molecular formula is C14H23NO4. The highest BCUT2D eigenvalue weighted by molar-refractivity contribution is 5.94. The first-order valence-electron chi connectivity index (χ1n) is 6.78. The molecule has 0 aromatic carbocycles. The van der Waals surface area contributed by atoms with Crippen molar-refractivity contribution in [1.29, 1.82) is 5.26 Å². The summed E-state index contributed by atoms with van der Waals surface area (Å²) in [4.78, 5) is 23.1. The summed E-state index contributed by atoms with van der Waals surface area (Å²) in [6.07, 6.45) is 5.57. The molecule has 0 aromatic rings. The first-order chi connectivity index (χ1) is 9.17. The fourth-order valence-corrected chi connectivity index (χ4v) is 1.66. The number of ether oxygens (including phenoxy) is 2. The molecule has 0 aliphatic rings. The predicted octanol–water partition coefficient (Wildman–Crippen LogP) is 2.59. The van der Waals surface area contributed by atoms with Crippen LogP contribution >= 0.6 is 0 Å². The molecule has 0 radical (unpaired) electrons. The number of carbonyl (C=O) groups excluding carboxylic acids is 2. The normalized spacial score (nSPS) is 11.4. The number of carbonyl (C=O) groups is 2. The van der Waals surface area contributed by atoms with Crippen LogP contribution in [0.4, 0.5) is 0 Å². The third-order valence-electron chi connectivity index (χ3n) is 2.81. The number of unbranched alkanes of at least 4 members (excludes halogenated alkanes) is 4. The van der Waals surface area contributed by atoms with E-state index < -0.39 is 17.9 Å². The van der Waals surface area contributed by atoms with Crippen molar-refractivity contribution in [3.63, 3.8) is 0 Å². The highest BCUT2D eigenvalue weighted by Crippen LogP contribution is 2.11. The molecule has 0 aromatic heterocycles. The molecule has 0 saturated carbocycles. The van der Waals surface area contributed by atoms with E-state index in [0.717, 1.165) is 19.3 Å². The van der Waals surface area contributed by atoms with Crippen LogP contribution in [-0.2, 0) is 19.1 Å². The summed E-state index contributed by atoms with van der Waals surface area (Å²) in [5.74, 6) is -2.19. The van der Waals surface area contributed by atoms with Gasteiger partial charge in [-0.1, -0.05) is 32.6 Å². The van der Waals surface area contributed by atoms with Gasteiger partial charge in [-0.15, -0.1) is 0 Å². The van der Waals surface area contributed by atoms with Gasteiger partial charge in [0.05, 0.1) is 19.8 Å². The Labute approximate surface area is 114 Å². The van der Waals surface area contributed by atoms with E-state index in [-0.39, 0.29) is 12.8 Å². The summed E-state index contributed by atoms with van der Waals surface area (Å²) in [5.41, 5.74) is 0. The number of esters is 2. The second kappa shape index (κ2) is 11.5. The summed E-state index contributed by atoms with van der Waals surface area (Å²) in [7, 11) is 1.22. The maximum Gasteiger partial charge on any atom is 0.320 e. The lowest BCUT2D eigenvalue weighted by Crippen LogP contribution is -2.27. The number of hydrogen-bond acceptors (Lipinski definition) is 5. The standard InChI is InChI=1S/C14H23NO4/c1-3-4-5-6-7-11-19-14(17)12(9-8-10-15)13(16)18-2/h12H,3-9,11H2,1-2H3. The predicted molar refractivity (Wildman–Crippen MR) is 70.1 cm³/mol. The summed E-state index contributed by atoms with van der Waals surface area (Å²) in [5, 5.41) is 8.49. The molecule has 0 fully saturated rings. The van der Waals surface area contributed by atoms with Crippen molar-refractivity contribution in [2.24, 2.45) is 5.92 Å². The number of rotatable bonds is 10. The van der Waals surface area contributed by atoms with E-state index in [1.54, 1.807) is 0 Å². The Balaban J connectivity index is 3.97. The lowest BCUT2D eigenvalue weighted by molar-refractivity contribution is -0.160. The Morgan fingerprint density at radius 3 is 2.42 bits per heavy atom. The Kier molecular flexibility index (Phi) is 10.6. The monoisotopic (exact) mass is 269 g/mol. The van der Waals surface area contributed by atoms with Crippen LogP contribution in [0.5, 0.6) is 0 Å². The van der Waals surface area contributed by atoms with Crippen LogP contribution in [0, 0.1) is 17.2 Å². The Hall–Kier alpha value is -1.57. The fourth-order valence-electron chi connectivity index (χ4n) is 1.66. The minimum absolute atomic E-state index is 0.130.